The number of furan rings is 1. The van der Waals surface area contributed by atoms with Gasteiger partial charge in [0.25, 0.3) is 5.91 Å². The molecule has 1 aromatic heterocycles. The molecule has 1 amide bonds. The van der Waals surface area contributed by atoms with Crippen molar-refractivity contribution in [3.63, 3.8) is 0 Å². The molecule has 1 aliphatic heterocycles. The third-order valence-corrected chi connectivity index (χ3v) is 4.04. The largest absolute Gasteiger partial charge is 0.453 e. The predicted molar refractivity (Wildman–Crippen MR) is 76.4 cm³/mol. The number of rotatable bonds is 5. The van der Waals surface area contributed by atoms with Crippen molar-refractivity contribution in [1.29, 1.82) is 0 Å². The Kier molecular flexibility index (Phi) is 4.83. The molecule has 1 fully saturated rings. The van der Waals surface area contributed by atoms with Gasteiger partial charge in [-0.15, -0.1) is 0 Å². The Morgan fingerprint density at radius 1 is 1.45 bits per heavy atom. The number of nitrogens with zero attached hydrogens (tertiary/aromatic N) is 2. The zero-order chi connectivity index (χ0) is 14.7. The van der Waals surface area contributed by atoms with Crippen molar-refractivity contribution >= 4 is 5.91 Å². The molecule has 0 aliphatic carbocycles. The van der Waals surface area contributed by atoms with Gasteiger partial charge in [0.1, 0.15) is 12.4 Å². The first kappa shape index (κ1) is 15.1. The summed E-state index contributed by atoms with van der Waals surface area (Å²) in [4.78, 5) is 16.5. The monoisotopic (exact) mass is 280 g/mol. The van der Waals surface area contributed by atoms with Gasteiger partial charge >= 0.3 is 0 Å². The van der Waals surface area contributed by atoms with Crippen molar-refractivity contribution in [2.24, 2.45) is 5.92 Å². The standard InChI is InChI=1S/C15H24N2O3/c1-4-5-11-8-17(9-13(11)16(2)3)15(19)14-7-6-12(10-18)20-14/h6-7,11,13,18H,4-5,8-10H2,1-3H3/t11-,13-/m0/s1. The van der Waals surface area contributed by atoms with E-state index in [1.165, 1.54) is 0 Å². The molecule has 5 nitrogen and oxygen atoms in total. The summed E-state index contributed by atoms with van der Waals surface area (Å²) in [5, 5.41) is 9.00. The Balaban J connectivity index is 2.07. The van der Waals surface area contributed by atoms with Crippen LogP contribution in [0.3, 0.4) is 0 Å². The van der Waals surface area contributed by atoms with Crippen LogP contribution in [-0.4, -0.2) is 54.0 Å². The molecule has 112 valence electrons. The van der Waals surface area contributed by atoms with Gasteiger partial charge in [-0.1, -0.05) is 13.3 Å². The highest BCUT2D eigenvalue weighted by atomic mass is 16.4. The number of aliphatic hydroxyl groups excluding tert-OH is 1. The minimum absolute atomic E-state index is 0.0739. The van der Waals surface area contributed by atoms with Crippen LogP contribution in [0, 0.1) is 5.92 Å². The minimum Gasteiger partial charge on any atom is -0.453 e. The number of amides is 1. The lowest BCUT2D eigenvalue weighted by Crippen LogP contribution is -2.36. The van der Waals surface area contributed by atoms with Crippen molar-refractivity contribution in [1.82, 2.24) is 9.80 Å². The van der Waals surface area contributed by atoms with E-state index in [1.807, 2.05) is 4.90 Å². The van der Waals surface area contributed by atoms with Crippen molar-refractivity contribution < 1.29 is 14.3 Å². The Morgan fingerprint density at radius 3 is 2.75 bits per heavy atom. The van der Waals surface area contributed by atoms with Crippen molar-refractivity contribution in [3.05, 3.63) is 23.7 Å². The first-order chi connectivity index (χ1) is 9.56. The topological polar surface area (TPSA) is 56.9 Å². The molecule has 2 atom stereocenters. The molecule has 0 aromatic carbocycles. The second-order valence-corrected chi connectivity index (χ2v) is 5.71. The Hall–Kier alpha value is -1.33. The van der Waals surface area contributed by atoms with Gasteiger partial charge in [0.15, 0.2) is 5.76 Å². The van der Waals surface area contributed by atoms with Crippen LogP contribution in [0.5, 0.6) is 0 Å². The number of likely N-dealkylation sites (tertiary alicyclic amines) is 1. The maximum absolute atomic E-state index is 12.4. The lowest BCUT2D eigenvalue weighted by molar-refractivity contribution is 0.0744. The second kappa shape index (κ2) is 6.41. The summed E-state index contributed by atoms with van der Waals surface area (Å²) in [7, 11) is 4.14. The lowest BCUT2D eigenvalue weighted by Gasteiger charge is -2.24. The second-order valence-electron chi connectivity index (χ2n) is 5.71. The molecule has 1 aliphatic rings. The molecule has 0 radical (unpaired) electrons. The summed E-state index contributed by atoms with van der Waals surface area (Å²) in [6.45, 7) is 3.53. The van der Waals surface area contributed by atoms with Gasteiger partial charge in [0.2, 0.25) is 0 Å². The number of hydrogen-bond acceptors (Lipinski definition) is 4. The number of likely N-dealkylation sites (N-methyl/N-ethyl adjacent to an activating group) is 1. The molecule has 0 spiro atoms. The van der Waals surface area contributed by atoms with E-state index in [0.717, 1.165) is 25.9 Å². The van der Waals surface area contributed by atoms with E-state index < -0.39 is 0 Å². The Bertz CT molecular complexity index is 456. The van der Waals surface area contributed by atoms with E-state index in [2.05, 4.69) is 25.9 Å². The van der Waals surface area contributed by atoms with E-state index in [-0.39, 0.29) is 12.5 Å². The molecule has 0 bridgehead atoms. The van der Waals surface area contributed by atoms with Crippen LogP contribution in [0.4, 0.5) is 0 Å². The highest BCUT2D eigenvalue weighted by Gasteiger charge is 2.36. The molecular formula is C15H24N2O3. The molecule has 1 saturated heterocycles. The van der Waals surface area contributed by atoms with E-state index in [0.29, 0.717) is 23.5 Å². The molecule has 5 heteroatoms. The zero-order valence-corrected chi connectivity index (χ0v) is 12.5. The van der Waals surface area contributed by atoms with Gasteiger partial charge in [-0.05, 0) is 38.6 Å². The number of carbonyl (C=O) groups excluding carboxylic acids is 1. The smallest absolute Gasteiger partial charge is 0.289 e. The first-order valence-corrected chi connectivity index (χ1v) is 7.22. The SMILES string of the molecule is CCC[C@H]1CN(C(=O)c2ccc(CO)o2)C[C@@H]1N(C)C. The normalized spacial score (nSPS) is 22.8. The number of carbonyl (C=O) groups is 1. The van der Waals surface area contributed by atoms with E-state index in [1.54, 1.807) is 12.1 Å². The average molecular weight is 280 g/mol. The molecular weight excluding hydrogens is 256 g/mol. The summed E-state index contributed by atoms with van der Waals surface area (Å²) in [5.41, 5.74) is 0. The summed E-state index contributed by atoms with van der Waals surface area (Å²) < 4.78 is 5.34. The van der Waals surface area contributed by atoms with Crippen molar-refractivity contribution in [3.8, 4) is 0 Å². The van der Waals surface area contributed by atoms with Crippen LogP contribution >= 0.6 is 0 Å². The molecule has 1 aromatic rings. The number of hydrogen-bond donors (Lipinski definition) is 1. The van der Waals surface area contributed by atoms with Crippen LogP contribution < -0.4 is 0 Å². The van der Waals surface area contributed by atoms with Gasteiger partial charge in [0.05, 0.1) is 0 Å². The maximum Gasteiger partial charge on any atom is 0.289 e. The van der Waals surface area contributed by atoms with E-state index in [9.17, 15) is 4.79 Å². The molecule has 1 N–H and O–H groups in total. The summed E-state index contributed by atoms with van der Waals surface area (Å²) >= 11 is 0. The minimum atomic E-state index is -0.175. The highest BCUT2D eigenvalue weighted by molar-refractivity contribution is 5.91. The molecule has 0 saturated carbocycles. The highest BCUT2D eigenvalue weighted by Crippen LogP contribution is 2.26. The van der Waals surface area contributed by atoms with E-state index in [4.69, 9.17) is 9.52 Å². The lowest BCUT2D eigenvalue weighted by atomic mass is 9.98. The Morgan fingerprint density at radius 2 is 2.20 bits per heavy atom. The fraction of sp³-hybridized carbons (Fsp3) is 0.667. The van der Waals surface area contributed by atoms with Gasteiger partial charge in [-0.2, -0.15) is 0 Å². The predicted octanol–water partition coefficient (Wildman–Crippen LogP) is 1.57. The van der Waals surface area contributed by atoms with Crippen LogP contribution in [0.25, 0.3) is 0 Å². The van der Waals surface area contributed by atoms with Crippen LogP contribution in [0.15, 0.2) is 16.5 Å². The molecule has 2 heterocycles. The zero-order valence-electron chi connectivity index (χ0n) is 12.5. The summed E-state index contributed by atoms with van der Waals surface area (Å²) in [5.74, 6) is 1.20. The van der Waals surface area contributed by atoms with Crippen molar-refractivity contribution in [2.75, 3.05) is 27.2 Å². The van der Waals surface area contributed by atoms with E-state index >= 15 is 0 Å². The van der Waals surface area contributed by atoms with Gasteiger partial charge in [-0.3, -0.25) is 4.79 Å². The third-order valence-electron chi connectivity index (χ3n) is 4.04. The van der Waals surface area contributed by atoms with Gasteiger partial charge in [-0.25, -0.2) is 0 Å². The van der Waals surface area contributed by atoms with Crippen LogP contribution in [-0.2, 0) is 6.61 Å². The van der Waals surface area contributed by atoms with Crippen molar-refractivity contribution in [2.45, 2.75) is 32.4 Å². The first-order valence-electron chi connectivity index (χ1n) is 7.22. The molecule has 0 unspecified atom stereocenters. The molecule has 2 rings (SSSR count). The third kappa shape index (κ3) is 3.04. The van der Waals surface area contributed by atoms with Crippen LogP contribution in [0.2, 0.25) is 0 Å². The fourth-order valence-electron chi connectivity index (χ4n) is 2.99. The Labute approximate surface area is 120 Å². The summed E-state index contributed by atoms with van der Waals surface area (Å²) in [6, 6.07) is 3.70. The molecule has 20 heavy (non-hydrogen) atoms. The average Bonchev–Trinajstić information content (AvgIpc) is 3.04. The summed E-state index contributed by atoms with van der Waals surface area (Å²) in [6.07, 6.45) is 2.26. The van der Waals surface area contributed by atoms with Gasteiger partial charge in [0, 0.05) is 19.1 Å². The number of aliphatic hydroxyl groups is 1. The van der Waals surface area contributed by atoms with Gasteiger partial charge < -0.3 is 19.3 Å². The fourth-order valence-corrected chi connectivity index (χ4v) is 2.99. The quantitative estimate of drug-likeness (QED) is 0.889. The maximum atomic E-state index is 12.4. The van der Waals surface area contributed by atoms with Crippen LogP contribution in [0.1, 0.15) is 36.1 Å².